The van der Waals surface area contributed by atoms with Gasteiger partial charge in [0.15, 0.2) is 0 Å². The lowest BCUT2D eigenvalue weighted by Gasteiger charge is -2.14. The number of carboxylic acid groups (broad SMARTS) is 1. The second-order valence-electron chi connectivity index (χ2n) is 8.97. The smallest absolute Gasteiger partial charge is 0.417 e. The molecule has 1 saturated carbocycles. The van der Waals surface area contributed by atoms with Crippen LogP contribution >= 0.6 is 11.3 Å². The molecule has 0 spiro atoms. The molecule has 1 aliphatic heterocycles. The van der Waals surface area contributed by atoms with Crippen LogP contribution in [0.5, 0.6) is 0 Å². The third-order valence-electron chi connectivity index (χ3n) is 6.35. The fourth-order valence-corrected chi connectivity index (χ4v) is 5.10. The summed E-state index contributed by atoms with van der Waals surface area (Å²) in [7, 11) is 0. The molecule has 2 aromatic carbocycles. The molecule has 9 heteroatoms. The summed E-state index contributed by atoms with van der Waals surface area (Å²) in [6, 6.07) is 12.0. The molecule has 0 unspecified atom stereocenters. The van der Waals surface area contributed by atoms with Crippen molar-refractivity contribution in [2.24, 2.45) is 11.0 Å². The summed E-state index contributed by atoms with van der Waals surface area (Å²) in [5.74, 6) is -1.26. The van der Waals surface area contributed by atoms with Crippen molar-refractivity contribution in [1.82, 2.24) is 0 Å². The number of aromatic carboxylic acids is 1. The molecule has 1 aliphatic carbocycles. The molecule has 1 fully saturated rings. The van der Waals surface area contributed by atoms with Crippen molar-refractivity contribution in [1.29, 1.82) is 0 Å². The summed E-state index contributed by atoms with van der Waals surface area (Å²) >= 11 is 1.19. The van der Waals surface area contributed by atoms with Crippen LogP contribution in [-0.2, 0) is 11.0 Å². The van der Waals surface area contributed by atoms with E-state index in [-0.39, 0.29) is 23.0 Å². The zero-order valence-corrected chi connectivity index (χ0v) is 20.2. The average Bonchev–Trinajstić information content (AvgIpc) is 3.48. The third kappa shape index (κ3) is 4.46. The predicted octanol–water partition coefficient (Wildman–Crippen LogP) is 6.95. The van der Waals surface area contributed by atoms with Gasteiger partial charge in [-0.2, -0.15) is 23.3 Å². The number of alkyl halides is 3. The highest BCUT2D eigenvalue weighted by Gasteiger charge is 2.40. The van der Waals surface area contributed by atoms with E-state index in [0.29, 0.717) is 32.3 Å². The number of hydrogen-bond acceptors (Lipinski definition) is 4. The van der Waals surface area contributed by atoms with Crippen LogP contribution in [0.25, 0.3) is 16.5 Å². The van der Waals surface area contributed by atoms with Gasteiger partial charge in [0.1, 0.15) is 0 Å². The Kier molecular flexibility index (Phi) is 5.83. The van der Waals surface area contributed by atoms with Crippen molar-refractivity contribution in [3.05, 3.63) is 81.2 Å². The number of nitrogens with zero attached hydrogens (tertiary/aromatic N) is 2. The molecule has 3 aromatic rings. The first-order chi connectivity index (χ1) is 17.0. The van der Waals surface area contributed by atoms with Gasteiger partial charge in [0.05, 0.1) is 28.1 Å². The number of thiophene rings is 1. The average molecular weight is 511 g/mol. The van der Waals surface area contributed by atoms with Crippen LogP contribution in [-0.4, -0.2) is 22.7 Å². The molecule has 1 N–H and O–H groups in total. The summed E-state index contributed by atoms with van der Waals surface area (Å²) in [5, 5.41) is 14.9. The van der Waals surface area contributed by atoms with Crippen molar-refractivity contribution in [3.63, 3.8) is 0 Å². The number of hydrazone groups is 1. The summed E-state index contributed by atoms with van der Waals surface area (Å²) < 4.78 is 41.2. The van der Waals surface area contributed by atoms with Gasteiger partial charge in [-0.1, -0.05) is 0 Å². The van der Waals surface area contributed by atoms with E-state index < -0.39 is 17.7 Å². The van der Waals surface area contributed by atoms with Crippen LogP contribution in [0, 0.1) is 19.8 Å². The molecule has 5 nitrogen and oxygen atoms in total. The van der Waals surface area contributed by atoms with Crippen molar-refractivity contribution in [2.75, 3.05) is 5.01 Å². The minimum Gasteiger partial charge on any atom is -0.478 e. The number of carbonyl (C=O) groups is 2. The molecular weight excluding hydrogens is 489 g/mol. The maximum atomic E-state index is 13.7. The molecule has 184 valence electrons. The van der Waals surface area contributed by atoms with Gasteiger partial charge < -0.3 is 5.11 Å². The third-order valence-corrected chi connectivity index (χ3v) is 7.41. The van der Waals surface area contributed by atoms with Gasteiger partial charge in [-0.3, -0.25) is 4.79 Å². The molecule has 0 saturated heterocycles. The Morgan fingerprint density at radius 2 is 1.75 bits per heavy atom. The quantitative estimate of drug-likeness (QED) is 0.378. The lowest BCUT2D eigenvalue weighted by Crippen LogP contribution is -2.21. The van der Waals surface area contributed by atoms with Crippen molar-refractivity contribution in [3.8, 4) is 10.4 Å². The van der Waals surface area contributed by atoms with Gasteiger partial charge in [0, 0.05) is 21.2 Å². The molecule has 0 bridgehead atoms. The Hall–Kier alpha value is -3.72. The van der Waals surface area contributed by atoms with E-state index in [1.54, 1.807) is 38.1 Å². The zero-order valence-electron chi connectivity index (χ0n) is 19.4. The van der Waals surface area contributed by atoms with Gasteiger partial charge in [0.25, 0.3) is 5.91 Å². The highest BCUT2D eigenvalue weighted by atomic mass is 32.1. The van der Waals surface area contributed by atoms with Gasteiger partial charge in [0.2, 0.25) is 0 Å². The van der Waals surface area contributed by atoms with Crippen molar-refractivity contribution < 1.29 is 27.9 Å². The number of rotatable bonds is 5. The van der Waals surface area contributed by atoms with Crippen LogP contribution in [0.1, 0.15) is 44.8 Å². The van der Waals surface area contributed by atoms with Crippen molar-refractivity contribution >= 4 is 40.7 Å². The SMILES string of the molecule is Cc1cc(-c2ccc(C=C3C(=O)N(c4ccc(C(=O)O)cc4)N=C3C3CC3)s2)c(C(F)(F)F)cc1C. The van der Waals surface area contributed by atoms with E-state index in [0.717, 1.165) is 18.4 Å². The number of halogens is 3. The lowest BCUT2D eigenvalue weighted by molar-refractivity contribution is -0.137. The summed E-state index contributed by atoms with van der Waals surface area (Å²) in [5.41, 5.74) is 2.39. The Labute approximate surface area is 209 Å². The topological polar surface area (TPSA) is 70.0 Å². The highest BCUT2D eigenvalue weighted by Crippen LogP contribution is 2.42. The number of benzene rings is 2. The van der Waals surface area contributed by atoms with E-state index in [2.05, 4.69) is 5.10 Å². The van der Waals surface area contributed by atoms with Crippen LogP contribution in [0.4, 0.5) is 18.9 Å². The molecule has 0 atom stereocenters. The highest BCUT2D eigenvalue weighted by molar-refractivity contribution is 7.16. The minimum atomic E-state index is -4.49. The monoisotopic (exact) mass is 510 g/mol. The Morgan fingerprint density at radius 1 is 1.08 bits per heavy atom. The van der Waals surface area contributed by atoms with E-state index in [1.165, 1.54) is 46.7 Å². The summed E-state index contributed by atoms with van der Waals surface area (Å²) in [6.45, 7) is 3.44. The Morgan fingerprint density at radius 3 is 2.36 bits per heavy atom. The maximum absolute atomic E-state index is 13.7. The van der Waals surface area contributed by atoms with Gasteiger partial charge in [-0.05, 0) is 92.4 Å². The predicted molar refractivity (Wildman–Crippen MR) is 133 cm³/mol. The number of amides is 1. The lowest BCUT2D eigenvalue weighted by atomic mass is 9.98. The molecule has 1 aromatic heterocycles. The minimum absolute atomic E-state index is 0.100. The van der Waals surface area contributed by atoms with E-state index in [9.17, 15) is 22.8 Å². The number of anilines is 1. The second-order valence-corrected chi connectivity index (χ2v) is 10.1. The van der Waals surface area contributed by atoms with Gasteiger partial charge in [-0.15, -0.1) is 11.3 Å². The molecular formula is C27H21F3N2O3S. The first kappa shape index (κ1) is 24.0. The Bertz CT molecular complexity index is 1450. The largest absolute Gasteiger partial charge is 0.478 e. The molecule has 36 heavy (non-hydrogen) atoms. The summed E-state index contributed by atoms with van der Waals surface area (Å²) in [6.07, 6.45) is -0.987. The fourth-order valence-electron chi connectivity index (χ4n) is 4.12. The normalized spacial score (nSPS) is 17.1. The number of hydrogen-bond donors (Lipinski definition) is 1. The van der Waals surface area contributed by atoms with Crippen LogP contribution in [0.3, 0.4) is 0 Å². The Balaban J connectivity index is 1.50. The van der Waals surface area contributed by atoms with Crippen LogP contribution < -0.4 is 5.01 Å². The number of carboxylic acids is 1. The van der Waals surface area contributed by atoms with Crippen LogP contribution in [0.2, 0.25) is 0 Å². The number of aryl methyl sites for hydroxylation is 2. The van der Waals surface area contributed by atoms with Crippen LogP contribution in [0.15, 0.2) is 59.2 Å². The number of carbonyl (C=O) groups excluding carboxylic acids is 1. The molecule has 2 aliphatic rings. The first-order valence-electron chi connectivity index (χ1n) is 11.3. The zero-order chi connectivity index (χ0) is 25.8. The molecule has 2 heterocycles. The summed E-state index contributed by atoms with van der Waals surface area (Å²) in [4.78, 5) is 25.6. The molecule has 0 radical (unpaired) electrons. The second kappa shape index (κ2) is 8.74. The molecule has 5 rings (SSSR count). The van der Waals surface area contributed by atoms with E-state index in [1.807, 2.05) is 0 Å². The van der Waals surface area contributed by atoms with E-state index in [4.69, 9.17) is 5.11 Å². The maximum Gasteiger partial charge on any atom is 0.417 e. The standard InChI is InChI=1S/C27H21F3N2O3S/c1-14-11-20(22(12-15(14)2)27(28,29)30)23-10-9-19(36-23)13-21-24(16-3-4-16)31-32(25(21)33)18-7-5-17(6-8-18)26(34)35/h5-13,16H,3-4H2,1-2H3,(H,34,35). The van der Waals surface area contributed by atoms with Gasteiger partial charge in [-0.25, -0.2) is 4.79 Å². The first-order valence-corrected chi connectivity index (χ1v) is 12.1. The molecule has 1 amide bonds. The fraction of sp³-hybridized carbons (Fsp3) is 0.222. The van der Waals surface area contributed by atoms with E-state index >= 15 is 0 Å². The van der Waals surface area contributed by atoms with Crippen molar-refractivity contribution in [2.45, 2.75) is 32.9 Å². The van der Waals surface area contributed by atoms with Gasteiger partial charge >= 0.3 is 12.1 Å².